The predicted octanol–water partition coefficient (Wildman–Crippen LogP) is 9.42. The molecule has 0 bridgehead atoms. The molecule has 47 heavy (non-hydrogen) atoms. The quantitative estimate of drug-likeness (QED) is 0.160. The second-order valence-corrected chi connectivity index (χ2v) is 16.5. The number of carbonyl (C=O) groups excluding carboxylic acids is 4. The summed E-state index contributed by atoms with van der Waals surface area (Å²) in [5.41, 5.74) is 1.94. The highest BCUT2D eigenvalue weighted by Crippen LogP contribution is 2.49. The van der Waals surface area contributed by atoms with Gasteiger partial charge in [0.25, 0.3) is 23.6 Å². The number of rotatable bonds is 7. The second-order valence-electron chi connectivity index (χ2n) is 12.9. The van der Waals surface area contributed by atoms with Crippen molar-refractivity contribution in [2.45, 2.75) is 41.5 Å². The maximum atomic E-state index is 14.9. The molecule has 7 rings (SSSR count). The van der Waals surface area contributed by atoms with Crippen LogP contribution in [0.15, 0.2) is 36.4 Å². The topological polar surface area (TPSA) is 74.8 Å². The Kier molecular flexibility index (Phi) is 7.57. The molecule has 4 amide bonds. The zero-order chi connectivity index (χ0) is 33.6. The maximum absolute atomic E-state index is 14.9. The van der Waals surface area contributed by atoms with E-state index in [1.807, 2.05) is 46.8 Å². The number of hydrogen-bond donors (Lipinski definition) is 0. The van der Waals surface area contributed by atoms with Crippen molar-refractivity contribution in [2.75, 3.05) is 13.1 Å². The first kappa shape index (κ1) is 31.5. The number of benzene rings is 2. The van der Waals surface area contributed by atoms with Crippen LogP contribution in [0, 0.1) is 37.3 Å². The van der Waals surface area contributed by atoms with Gasteiger partial charge in [-0.3, -0.25) is 29.0 Å². The van der Waals surface area contributed by atoms with E-state index < -0.39 is 35.3 Å². The molecule has 3 aromatic heterocycles. The van der Waals surface area contributed by atoms with Gasteiger partial charge in [0.2, 0.25) is 0 Å². The molecule has 2 aromatic carbocycles. The summed E-state index contributed by atoms with van der Waals surface area (Å²) in [5.74, 6) is -3.83. The summed E-state index contributed by atoms with van der Waals surface area (Å²) >= 11 is 3.67. The zero-order valence-corrected chi connectivity index (χ0v) is 29.0. The van der Waals surface area contributed by atoms with Crippen LogP contribution in [-0.2, 0) is 0 Å². The molecule has 0 N–H and O–H groups in total. The van der Waals surface area contributed by atoms with Gasteiger partial charge in [-0.05, 0) is 62.1 Å². The van der Waals surface area contributed by atoms with Crippen molar-refractivity contribution in [2.24, 2.45) is 11.8 Å². The Morgan fingerprint density at radius 2 is 1.06 bits per heavy atom. The first-order valence-corrected chi connectivity index (χ1v) is 17.7. The molecule has 0 spiro atoms. The Morgan fingerprint density at radius 1 is 0.596 bits per heavy atom. The lowest BCUT2D eigenvalue weighted by atomic mass is 9.80. The molecule has 0 aliphatic carbocycles. The Balaban J connectivity index is 1.59. The summed E-state index contributed by atoms with van der Waals surface area (Å²) in [6, 6.07) is 10.6. The fourth-order valence-corrected chi connectivity index (χ4v) is 9.39. The van der Waals surface area contributed by atoms with Crippen LogP contribution >= 0.6 is 34.0 Å². The van der Waals surface area contributed by atoms with Crippen molar-refractivity contribution in [1.82, 2.24) is 9.80 Å². The Bertz CT molecular complexity index is 2210. The van der Waals surface area contributed by atoms with Crippen LogP contribution in [0.4, 0.5) is 8.78 Å². The summed E-state index contributed by atoms with van der Waals surface area (Å²) in [7, 11) is 0. The lowest BCUT2D eigenvalue weighted by molar-refractivity contribution is 0.0572. The number of nitrogens with zero attached hydrogens (tertiary/aromatic N) is 2. The molecule has 0 fully saturated rings. The maximum Gasteiger partial charge on any atom is 0.262 e. The monoisotopic (exact) mass is 688 g/mol. The lowest BCUT2D eigenvalue weighted by Gasteiger charge is -2.35. The van der Waals surface area contributed by atoms with Crippen molar-refractivity contribution in [3.05, 3.63) is 80.0 Å². The van der Waals surface area contributed by atoms with E-state index in [-0.39, 0.29) is 56.8 Å². The molecular formula is C36H30F2N2O4S3. The van der Waals surface area contributed by atoms with Gasteiger partial charge >= 0.3 is 0 Å². The van der Waals surface area contributed by atoms with E-state index in [0.29, 0.717) is 31.8 Å². The van der Waals surface area contributed by atoms with Gasteiger partial charge in [-0.2, -0.15) is 0 Å². The smallest absolute Gasteiger partial charge is 0.262 e. The number of halogens is 2. The Labute approximate surface area is 282 Å². The van der Waals surface area contributed by atoms with Gasteiger partial charge in [0, 0.05) is 70.5 Å². The highest BCUT2D eigenvalue weighted by atomic mass is 32.1. The van der Waals surface area contributed by atoms with Gasteiger partial charge in [0.05, 0.1) is 16.0 Å². The van der Waals surface area contributed by atoms with Gasteiger partial charge in [-0.1, -0.05) is 27.7 Å². The van der Waals surface area contributed by atoms with Crippen molar-refractivity contribution in [3.8, 4) is 30.6 Å². The summed E-state index contributed by atoms with van der Waals surface area (Å²) in [6.07, 6.45) is 0. The SMILES string of the molecule is Cc1ccc(-c2cc3c4c(c(-c5ccc(-c6sc(C)c(F)c6F)s5)cc5c4c2C(=O)N(CC(C)C)C5=O)C(=O)N(CC(C)C)C3=O)s1. The third-order valence-electron chi connectivity index (χ3n) is 8.43. The van der Waals surface area contributed by atoms with Gasteiger partial charge < -0.3 is 0 Å². The van der Waals surface area contributed by atoms with Gasteiger partial charge in [0.1, 0.15) is 0 Å². The van der Waals surface area contributed by atoms with Gasteiger partial charge in [-0.25, -0.2) is 8.78 Å². The second kappa shape index (κ2) is 11.3. The number of amides is 4. The molecule has 5 heterocycles. The highest BCUT2D eigenvalue weighted by Gasteiger charge is 2.43. The summed E-state index contributed by atoms with van der Waals surface area (Å²) < 4.78 is 29.2. The first-order valence-electron chi connectivity index (χ1n) is 15.3. The fraction of sp³-hybridized carbons (Fsp3) is 0.278. The highest BCUT2D eigenvalue weighted by molar-refractivity contribution is 7.24. The normalized spacial score (nSPS) is 14.6. The standard InChI is InChI=1S/C36H30F2N2O4S3/c1-15(2)13-39-34(42)22-12-20(24-9-10-25(47-24)32-31(38)30(37)18(6)46-32)29-27-21(33(41)40(36(29)44)14-16(3)4)11-19(23-8-7-17(5)45-23)28(26(22)27)35(39)43/h7-12,15-16H,13-14H2,1-6H3. The lowest BCUT2D eigenvalue weighted by Crippen LogP contribution is -2.45. The summed E-state index contributed by atoms with van der Waals surface area (Å²) in [5, 5.41) is 0.589. The van der Waals surface area contributed by atoms with E-state index in [1.165, 1.54) is 39.4 Å². The van der Waals surface area contributed by atoms with Gasteiger partial charge in [-0.15, -0.1) is 34.0 Å². The number of aryl methyl sites for hydroxylation is 2. The molecule has 0 saturated carbocycles. The van der Waals surface area contributed by atoms with E-state index in [9.17, 15) is 28.0 Å². The molecule has 0 unspecified atom stereocenters. The molecule has 0 saturated heterocycles. The molecule has 2 aliphatic heterocycles. The molecule has 0 radical (unpaired) electrons. The third kappa shape index (κ3) is 4.81. The van der Waals surface area contributed by atoms with E-state index in [1.54, 1.807) is 24.3 Å². The minimum atomic E-state index is -0.929. The van der Waals surface area contributed by atoms with E-state index in [4.69, 9.17) is 0 Å². The predicted molar refractivity (Wildman–Crippen MR) is 184 cm³/mol. The molecule has 5 aromatic rings. The summed E-state index contributed by atoms with van der Waals surface area (Å²) in [4.78, 5) is 62.8. The van der Waals surface area contributed by atoms with Crippen LogP contribution in [0.25, 0.3) is 41.4 Å². The molecule has 240 valence electrons. The molecular weight excluding hydrogens is 659 g/mol. The Morgan fingerprint density at radius 3 is 1.49 bits per heavy atom. The van der Waals surface area contributed by atoms with Crippen molar-refractivity contribution < 1.29 is 28.0 Å². The van der Waals surface area contributed by atoms with Crippen LogP contribution in [0.1, 0.15) is 78.9 Å². The van der Waals surface area contributed by atoms with Crippen LogP contribution in [-0.4, -0.2) is 46.5 Å². The van der Waals surface area contributed by atoms with Crippen molar-refractivity contribution >= 4 is 68.4 Å². The fourth-order valence-electron chi connectivity index (χ4n) is 6.45. The average Bonchev–Trinajstić information content (AvgIpc) is 3.74. The van der Waals surface area contributed by atoms with Crippen molar-refractivity contribution in [1.29, 1.82) is 0 Å². The molecule has 11 heteroatoms. The minimum Gasteiger partial charge on any atom is -0.274 e. The number of hydrogen-bond acceptors (Lipinski definition) is 7. The van der Waals surface area contributed by atoms with Crippen LogP contribution in [0.5, 0.6) is 0 Å². The average molecular weight is 689 g/mol. The van der Waals surface area contributed by atoms with Crippen LogP contribution in [0.2, 0.25) is 0 Å². The minimum absolute atomic E-state index is 0.0126. The van der Waals surface area contributed by atoms with E-state index in [2.05, 4.69) is 0 Å². The first-order chi connectivity index (χ1) is 22.3. The molecule has 2 aliphatic rings. The molecule has 0 atom stereocenters. The summed E-state index contributed by atoms with van der Waals surface area (Å²) in [6.45, 7) is 11.5. The zero-order valence-electron chi connectivity index (χ0n) is 26.5. The number of carbonyl (C=O) groups is 4. The molecule has 6 nitrogen and oxygen atoms in total. The number of imide groups is 2. The number of thiophene rings is 3. The van der Waals surface area contributed by atoms with Crippen LogP contribution in [0.3, 0.4) is 0 Å². The van der Waals surface area contributed by atoms with Crippen molar-refractivity contribution in [3.63, 3.8) is 0 Å². The van der Waals surface area contributed by atoms with Crippen LogP contribution < -0.4 is 0 Å². The third-order valence-corrected chi connectivity index (χ3v) is 11.8. The van der Waals surface area contributed by atoms with E-state index >= 15 is 0 Å². The largest absolute Gasteiger partial charge is 0.274 e. The van der Waals surface area contributed by atoms with E-state index in [0.717, 1.165) is 21.1 Å². The van der Waals surface area contributed by atoms with Gasteiger partial charge in [0.15, 0.2) is 11.6 Å². The Hall–Kier alpha value is -4.06.